The summed E-state index contributed by atoms with van der Waals surface area (Å²) in [4.78, 5) is 22.5. The average Bonchev–Trinajstić information content (AvgIpc) is 2.46. The van der Waals surface area contributed by atoms with Crippen LogP contribution in [0.2, 0.25) is 0 Å². The van der Waals surface area contributed by atoms with Crippen molar-refractivity contribution in [1.82, 2.24) is 5.32 Å². The van der Waals surface area contributed by atoms with Crippen molar-refractivity contribution in [3.63, 3.8) is 0 Å². The number of nitrogens with one attached hydrogen (secondary N) is 1. The van der Waals surface area contributed by atoms with E-state index in [1.54, 1.807) is 25.1 Å². The number of nitrogens with zero attached hydrogens (tertiary/aromatic N) is 1. The second-order valence-corrected chi connectivity index (χ2v) is 4.63. The molecule has 0 saturated carbocycles. The predicted octanol–water partition coefficient (Wildman–Crippen LogP) is 2.42. The van der Waals surface area contributed by atoms with E-state index < -0.39 is 4.92 Å². The smallest absolute Gasteiger partial charge is 0.273 e. The summed E-state index contributed by atoms with van der Waals surface area (Å²) in [5.41, 5.74) is 7.75. The lowest BCUT2D eigenvalue weighted by Gasteiger charge is -2.08. The highest BCUT2D eigenvalue weighted by Gasteiger charge is 2.17. The van der Waals surface area contributed by atoms with E-state index in [-0.39, 0.29) is 11.6 Å². The van der Waals surface area contributed by atoms with Gasteiger partial charge >= 0.3 is 0 Å². The first-order chi connectivity index (χ1) is 9.99. The molecule has 3 N–H and O–H groups in total. The fraction of sp³-hybridized carbons (Fsp3) is 0.133. The highest BCUT2D eigenvalue weighted by Crippen LogP contribution is 2.21. The second kappa shape index (κ2) is 6.04. The molecule has 0 aliphatic rings. The van der Waals surface area contributed by atoms with E-state index in [4.69, 9.17) is 5.73 Å². The Morgan fingerprint density at radius 1 is 1.24 bits per heavy atom. The number of nitro groups is 1. The van der Waals surface area contributed by atoms with Crippen molar-refractivity contribution < 1.29 is 9.72 Å². The van der Waals surface area contributed by atoms with Crippen molar-refractivity contribution in [1.29, 1.82) is 0 Å². The Labute approximate surface area is 121 Å². The van der Waals surface area contributed by atoms with Crippen molar-refractivity contribution in [2.45, 2.75) is 13.5 Å². The second-order valence-electron chi connectivity index (χ2n) is 4.63. The molecule has 0 atom stereocenters. The highest BCUT2D eigenvalue weighted by molar-refractivity contribution is 5.96. The first-order valence-electron chi connectivity index (χ1n) is 6.35. The topological polar surface area (TPSA) is 98.3 Å². The van der Waals surface area contributed by atoms with E-state index in [0.717, 1.165) is 5.56 Å². The van der Waals surface area contributed by atoms with Crippen LogP contribution >= 0.6 is 0 Å². The van der Waals surface area contributed by atoms with Crippen LogP contribution < -0.4 is 11.1 Å². The minimum Gasteiger partial charge on any atom is -0.399 e. The van der Waals surface area contributed by atoms with E-state index in [1.165, 1.54) is 12.1 Å². The van der Waals surface area contributed by atoms with Crippen LogP contribution in [0.25, 0.3) is 0 Å². The number of amides is 1. The van der Waals surface area contributed by atoms with Gasteiger partial charge in [-0.25, -0.2) is 0 Å². The number of rotatable bonds is 4. The van der Waals surface area contributed by atoms with Crippen LogP contribution in [0.3, 0.4) is 0 Å². The molecule has 0 bridgehead atoms. The van der Waals surface area contributed by atoms with E-state index in [2.05, 4.69) is 5.32 Å². The number of nitrogen functional groups attached to an aromatic ring is 1. The first-order valence-corrected chi connectivity index (χ1v) is 6.35. The molecule has 2 aromatic carbocycles. The molecular formula is C15H15N3O3. The number of carbonyl (C=O) groups excluding carboxylic acids is 1. The lowest BCUT2D eigenvalue weighted by atomic mass is 10.1. The SMILES string of the molecule is Cc1c(C(=O)NCc2ccc(N)cc2)cccc1[N+](=O)[O-]. The van der Waals surface area contributed by atoms with Crippen LogP contribution in [0.4, 0.5) is 11.4 Å². The van der Waals surface area contributed by atoms with Gasteiger partial charge in [-0.3, -0.25) is 14.9 Å². The summed E-state index contributed by atoms with van der Waals surface area (Å²) in [6.45, 7) is 1.90. The summed E-state index contributed by atoms with van der Waals surface area (Å²) in [5.74, 6) is -0.340. The maximum atomic E-state index is 12.1. The Balaban J connectivity index is 2.12. The standard InChI is InChI=1S/C15H15N3O3/c1-10-13(3-2-4-14(10)18(20)21)15(19)17-9-11-5-7-12(16)8-6-11/h2-8H,9,16H2,1H3,(H,17,19). The van der Waals surface area contributed by atoms with Gasteiger partial charge in [-0.2, -0.15) is 0 Å². The molecule has 0 aliphatic carbocycles. The third kappa shape index (κ3) is 3.36. The molecule has 0 aromatic heterocycles. The number of hydrogen-bond acceptors (Lipinski definition) is 4. The Bertz CT molecular complexity index is 681. The summed E-state index contributed by atoms with van der Waals surface area (Å²) in [5, 5.41) is 13.6. The van der Waals surface area contributed by atoms with Crippen molar-refractivity contribution in [3.8, 4) is 0 Å². The van der Waals surface area contributed by atoms with E-state index in [0.29, 0.717) is 23.4 Å². The number of nitro benzene ring substituents is 1. The predicted molar refractivity (Wildman–Crippen MR) is 79.9 cm³/mol. The molecule has 0 radical (unpaired) electrons. The minimum absolute atomic E-state index is 0.0601. The highest BCUT2D eigenvalue weighted by atomic mass is 16.6. The van der Waals surface area contributed by atoms with E-state index in [1.807, 2.05) is 12.1 Å². The Morgan fingerprint density at radius 3 is 2.52 bits per heavy atom. The lowest BCUT2D eigenvalue weighted by Crippen LogP contribution is -2.23. The molecule has 0 spiro atoms. The fourth-order valence-electron chi connectivity index (χ4n) is 1.98. The molecule has 6 heteroatoms. The number of benzene rings is 2. The Kier molecular flexibility index (Phi) is 4.18. The normalized spacial score (nSPS) is 10.1. The third-order valence-corrected chi connectivity index (χ3v) is 3.18. The van der Waals surface area contributed by atoms with Gasteiger partial charge in [0.2, 0.25) is 0 Å². The van der Waals surface area contributed by atoms with E-state index in [9.17, 15) is 14.9 Å². The Morgan fingerprint density at radius 2 is 1.90 bits per heavy atom. The average molecular weight is 285 g/mol. The van der Waals surface area contributed by atoms with Gasteiger partial charge in [0.15, 0.2) is 0 Å². The van der Waals surface area contributed by atoms with E-state index >= 15 is 0 Å². The van der Waals surface area contributed by atoms with Crippen molar-refractivity contribution >= 4 is 17.3 Å². The number of anilines is 1. The van der Waals surface area contributed by atoms with Crippen molar-refractivity contribution in [3.05, 3.63) is 69.3 Å². The van der Waals surface area contributed by atoms with Crippen LogP contribution in [-0.2, 0) is 6.54 Å². The number of carbonyl (C=O) groups is 1. The molecule has 1 amide bonds. The molecule has 108 valence electrons. The molecular weight excluding hydrogens is 270 g/mol. The van der Waals surface area contributed by atoms with Gasteiger partial charge in [0, 0.05) is 29.4 Å². The molecule has 0 aliphatic heterocycles. The quantitative estimate of drug-likeness (QED) is 0.512. The number of nitrogens with two attached hydrogens (primary N) is 1. The lowest BCUT2D eigenvalue weighted by molar-refractivity contribution is -0.385. The van der Waals surface area contributed by atoms with Gasteiger partial charge in [-0.05, 0) is 30.7 Å². The molecule has 2 rings (SSSR count). The molecule has 0 fully saturated rings. The molecule has 6 nitrogen and oxygen atoms in total. The van der Waals surface area contributed by atoms with Crippen LogP contribution in [0.5, 0.6) is 0 Å². The number of hydrogen-bond donors (Lipinski definition) is 2. The maximum Gasteiger partial charge on any atom is 0.273 e. The summed E-state index contributed by atoms with van der Waals surface area (Å²) in [7, 11) is 0. The first kappa shape index (κ1) is 14.5. The van der Waals surface area contributed by atoms with Gasteiger partial charge in [-0.1, -0.05) is 18.2 Å². The summed E-state index contributed by atoms with van der Waals surface area (Å²) in [6, 6.07) is 11.6. The Hall–Kier alpha value is -2.89. The van der Waals surface area contributed by atoms with Gasteiger partial charge in [0.25, 0.3) is 11.6 Å². The van der Waals surface area contributed by atoms with Crippen LogP contribution in [0, 0.1) is 17.0 Å². The minimum atomic E-state index is -0.494. The van der Waals surface area contributed by atoms with Gasteiger partial charge in [0.05, 0.1) is 4.92 Å². The molecule has 0 unspecified atom stereocenters. The van der Waals surface area contributed by atoms with Crippen molar-refractivity contribution in [2.24, 2.45) is 0 Å². The summed E-state index contributed by atoms with van der Waals surface area (Å²) >= 11 is 0. The maximum absolute atomic E-state index is 12.1. The molecule has 2 aromatic rings. The van der Waals surface area contributed by atoms with Crippen LogP contribution in [-0.4, -0.2) is 10.8 Å². The van der Waals surface area contributed by atoms with Crippen LogP contribution in [0.15, 0.2) is 42.5 Å². The molecule has 0 heterocycles. The zero-order valence-corrected chi connectivity index (χ0v) is 11.5. The third-order valence-electron chi connectivity index (χ3n) is 3.18. The van der Waals surface area contributed by atoms with Crippen LogP contribution in [0.1, 0.15) is 21.5 Å². The zero-order chi connectivity index (χ0) is 15.4. The fourth-order valence-corrected chi connectivity index (χ4v) is 1.98. The molecule has 21 heavy (non-hydrogen) atoms. The summed E-state index contributed by atoms with van der Waals surface area (Å²) in [6.07, 6.45) is 0. The summed E-state index contributed by atoms with van der Waals surface area (Å²) < 4.78 is 0. The monoisotopic (exact) mass is 285 g/mol. The van der Waals surface area contributed by atoms with Gasteiger partial charge < -0.3 is 11.1 Å². The van der Waals surface area contributed by atoms with Crippen molar-refractivity contribution in [2.75, 3.05) is 5.73 Å². The zero-order valence-electron chi connectivity index (χ0n) is 11.5. The molecule has 0 saturated heterocycles. The van der Waals surface area contributed by atoms with Gasteiger partial charge in [-0.15, -0.1) is 0 Å². The van der Waals surface area contributed by atoms with Gasteiger partial charge in [0.1, 0.15) is 0 Å². The largest absolute Gasteiger partial charge is 0.399 e.